The number of rotatable bonds is 5. The van der Waals surface area contributed by atoms with E-state index in [-0.39, 0.29) is 53.2 Å². The monoisotopic (exact) mass is 540 g/mol. The van der Waals surface area contributed by atoms with Gasteiger partial charge in [-0.15, -0.1) is 0 Å². The number of ether oxygens (including phenoxy) is 3. The van der Waals surface area contributed by atoms with Crippen LogP contribution in [-0.2, 0) is 28.6 Å². The SMILES string of the molecule is CC(C)C(=O)OCC(=O)[C@@]12O[C@@H](C3CCCCC3)O[C@H]1C[C@H]1[C@@H]3CCC4=CC(=O)C=C[C@]4(C)[C@H]3[C@@H](O)C[C@@]12C. The molecule has 9 atom stereocenters. The second kappa shape index (κ2) is 9.63. The number of hydrogen-bond acceptors (Lipinski definition) is 7. The van der Waals surface area contributed by atoms with E-state index < -0.39 is 35.5 Å². The van der Waals surface area contributed by atoms with E-state index in [9.17, 15) is 19.5 Å². The van der Waals surface area contributed by atoms with Gasteiger partial charge in [-0.1, -0.05) is 58.6 Å². The van der Waals surface area contributed by atoms with Crippen LogP contribution in [0.3, 0.4) is 0 Å². The van der Waals surface area contributed by atoms with E-state index in [4.69, 9.17) is 14.2 Å². The lowest BCUT2D eigenvalue weighted by Crippen LogP contribution is -2.63. The first-order valence-corrected chi connectivity index (χ1v) is 15.2. The van der Waals surface area contributed by atoms with Crippen LogP contribution in [-0.4, -0.2) is 53.3 Å². The number of hydrogen-bond donors (Lipinski definition) is 1. The molecule has 0 amide bonds. The van der Waals surface area contributed by atoms with Crippen molar-refractivity contribution in [2.75, 3.05) is 6.61 Å². The summed E-state index contributed by atoms with van der Waals surface area (Å²) in [6, 6.07) is 0. The quantitative estimate of drug-likeness (QED) is 0.505. The topological polar surface area (TPSA) is 99.1 Å². The lowest BCUT2D eigenvalue weighted by atomic mass is 9.46. The Labute approximate surface area is 231 Å². The van der Waals surface area contributed by atoms with Gasteiger partial charge >= 0.3 is 5.97 Å². The van der Waals surface area contributed by atoms with Gasteiger partial charge in [0.05, 0.1) is 18.1 Å². The number of fused-ring (bicyclic) bond motifs is 7. The zero-order chi connectivity index (χ0) is 27.7. The summed E-state index contributed by atoms with van der Waals surface area (Å²) < 4.78 is 19.0. The molecule has 1 heterocycles. The Morgan fingerprint density at radius 3 is 2.62 bits per heavy atom. The molecule has 0 unspecified atom stereocenters. The molecule has 0 bridgehead atoms. The predicted molar refractivity (Wildman–Crippen MR) is 143 cm³/mol. The first-order valence-electron chi connectivity index (χ1n) is 15.2. The second-order valence-corrected chi connectivity index (χ2v) is 13.9. The van der Waals surface area contributed by atoms with Gasteiger partial charge in [0.25, 0.3) is 0 Å². The van der Waals surface area contributed by atoms with E-state index in [0.29, 0.717) is 12.8 Å². The van der Waals surface area contributed by atoms with Gasteiger partial charge < -0.3 is 19.3 Å². The summed E-state index contributed by atoms with van der Waals surface area (Å²) in [5.41, 5.74) is -1.19. The summed E-state index contributed by atoms with van der Waals surface area (Å²) >= 11 is 0. The molecule has 0 radical (unpaired) electrons. The van der Waals surface area contributed by atoms with Gasteiger partial charge in [0.1, 0.15) is 0 Å². The first-order chi connectivity index (χ1) is 18.5. The maximum atomic E-state index is 14.2. The minimum Gasteiger partial charge on any atom is -0.457 e. The van der Waals surface area contributed by atoms with Crippen molar-refractivity contribution in [2.24, 2.45) is 40.4 Å². The molecule has 1 aliphatic heterocycles. The van der Waals surface area contributed by atoms with Gasteiger partial charge in [-0.3, -0.25) is 14.4 Å². The molecule has 4 saturated carbocycles. The highest BCUT2D eigenvalue weighted by molar-refractivity contribution is 6.01. The number of ketones is 2. The minimum absolute atomic E-state index is 0.0162. The Bertz CT molecular complexity index is 1100. The molecular formula is C32H44O7. The highest BCUT2D eigenvalue weighted by Gasteiger charge is 2.76. The molecule has 5 fully saturated rings. The van der Waals surface area contributed by atoms with Crippen LogP contribution in [0.4, 0.5) is 0 Å². The first kappa shape index (κ1) is 27.3. The fraction of sp³-hybridized carbons (Fsp3) is 0.781. The highest BCUT2D eigenvalue weighted by atomic mass is 16.7. The van der Waals surface area contributed by atoms with Crippen molar-refractivity contribution in [3.05, 3.63) is 23.8 Å². The summed E-state index contributed by atoms with van der Waals surface area (Å²) in [7, 11) is 0. The van der Waals surface area contributed by atoms with Crippen molar-refractivity contribution in [2.45, 2.75) is 110 Å². The maximum Gasteiger partial charge on any atom is 0.308 e. The number of carbonyl (C=O) groups is 3. The Hall–Kier alpha value is -1.83. The lowest BCUT2D eigenvalue weighted by Gasteiger charge is -2.59. The third-order valence-corrected chi connectivity index (χ3v) is 11.5. The Kier molecular flexibility index (Phi) is 6.75. The van der Waals surface area contributed by atoms with Crippen molar-refractivity contribution >= 4 is 17.5 Å². The molecular weight excluding hydrogens is 496 g/mol. The molecule has 7 heteroatoms. The summed E-state index contributed by atoms with van der Waals surface area (Å²) in [5.74, 6) is -0.471. The third-order valence-electron chi connectivity index (χ3n) is 11.5. The Morgan fingerprint density at radius 1 is 1.15 bits per heavy atom. The molecule has 6 aliphatic rings. The van der Waals surface area contributed by atoms with Gasteiger partial charge in [0.15, 0.2) is 24.3 Å². The summed E-state index contributed by atoms with van der Waals surface area (Å²) in [6.45, 7) is 7.44. The predicted octanol–water partition coefficient (Wildman–Crippen LogP) is 4.70. The number of aliphatic hydroxyl groups is 1. The molecule has 1 saturated heterocycles. The Morgan fingerprint density at radius 2 is 1.90 bits per heavy atom. The normalized spacial score (nSPS) is 45.3. The molecule has 0 aromatic rings. The lowest BCUT2D eigenvalue weighted by molar-refractivity contribution is -0.210. The highest BCUT2D eigenvalue weighted by Crippen LogP contribution is 2.70. The van der Waals surface area contributed by atoms with Crippen LogP contribution in [0.2, 0.25) is 0 Å². The molecule has 6 rings (SSSR count). The molecule has 7 nitrogen and oxygen atoms in total. The van der Waals surface area contributed by atoms with Crippen LogP contribution < -0.4 is 0 Å². The van der Waals surface area contributed by atoms with E-state index >= 15 is 0 Å². The Balaban J connectivity index is 1.35. The number of aliphatic hydroxyl groups excluding tert-OH is 1. The maximum absolute atomic E-state index is 14.2. The minimum atomic E-state index is -1.25. The van der Waals surface area contributed by atoms with Gasteiger partial charge in [0.2, 0.25) is 5.78 Å². The van der Waals surface area contributed by atoms with Gasteiger partial charge in [-0.05, 0) is 62.5 Å². The number of allylic oxidation sites excluding steroid dienone is 4. The smallest absolute Gasteiger partial charge is 0.308 e. The van der Waals surface area contributed by atoms with Crippen LogP contribution in [0.1, 0.15) is 85.5 Å². The summed E-state index contributed by atoms with van der Waals surface area (Å²) in [5, 5.41) is 11.9. The molecule has 0 aromatic heterocycles. The van der Waals surface area contributed by atoms with Crippen molar-refractivity contribution in [1.82, 2.24) is 0 Å². The van der Waals surface area contributed by atoms with E-state index in [0.717, 1.165) is 44.1 Å². The number of carbonyl (C=O) groups excluding carboxylic acids is 3. The fourth-order valence-corrected chi connectivity index (χ4v) is 9.62. The van der Waals surface area contributed by atoms with Crippen molar-refractivity contribution in [3.8, 4) is 0 Å². The zero-order valence-corrected chi connectivity index (χ0v) is 23.8. The third kappa shape index (κ3) is 3.97. The van der Waals surface area contributed by atoms with Crippen LogP contribution >= 0.6 is 0 Å². The van der Waals surface area contributed by atoms with Gasteiger partial charge in [-0.2, -0.15) is 0 Å². The molecule has 5 aliphatic carbocycles. The van der Waals surface area contributed by atoms with Crippen LogP contribution in [0.25, 0.3) is 0 Å². The number of Topliss-reactive ketones (excluding diaryl/α,β-unsaturated/α-hetero) is 1. The average molecular weight is 541 g/mol. The van der Waals surface area contributed by atoms with Crippen molar-refractivity contribution < 1.29 is 33.7 Å². The molecule has 214 valence electrons. The standard InChI is InChI=1S/C32H44O7/c1-18(2)28(36)37-17-25(35)32-26(38-29(39-32)19-8-6-5-7-9-19)15-23-22-11-10-20-14-21(33)12-13-30(20,3)27(22)24(34)16-31(23,32)4/h12-14,18-19,22-24,26-27,29,34H,5-11,15-17H2,1-4H3/t22-,23-,24-,26-,27+,29-,30-,31-,32+/m0/s1. The average Bonchev–Trinajstić information content (AvgIpc) is 3.41. The van der Waals surface area contributed by atoms with E-state index in [1.165, 1.54) is 6.42 Å². The van der Waals surface area contributed by atoms with E-state index in [2.05, 4.69) is 13.8 Å². The van der Waals surface area contributed by atoms with Gasteiger partial charge in [-0.25, -0.2) is 0 Å². The summed E-state index contributed by atoms with van der Waals surface area (Å²) in [6.07, 6.45) is 12.2. The van der Waals surface area contributed by atoms with Crippen LogP contribution in [0.15, 0.2) is 23.8 Å². The van der Waals surface area contributed by atoms with Crippen molar-refractivity contribution in [1.29, 1.82) is 0 Å². The fourth-order valence-electron chi connectivity index (χ4n) is 9.62. The molecule has 1 N–H and O–H groups in total. The van der Waals surface area contributed by atoms with E-state index in [1.54, 1.807) is 26.0 Å². The van der Waals surface area contributed by atoms with Crippen LogP contribution in [0, 0.1) is 40.4 Å². The number of esters is 1. The van der Waals surface area contributed by atoms with Gasteiger partial charge in [0, 0.05) is 22.7 Å². The molecule has 0 aromatic carbocycles. The van der Waals surface area contributed by atoms with Crippen molar-refractivity contribution in [3.63, 3.8) is 0 Å². The molecule has 39 heavy (non-hydrogen) atoms. The summed E-state index contributed by atoms with van der Waals surface area (Å²) in [4.78, 5) is 38.7. The van der Waals surface area contributed by atoms with E-state index in [1.807, 2.05) is 6.08 Å². The zero-order valence-electron chi connectivity index (χ0n) is 23.8. The van der Waals surface area contributed by atoms with Crippen LogP contribution in [0.5, 0.6) is 0 Å². The molecule has 0 spiro atoms. The second-order valence-electron chi connectivity index (χ2n) is 13.9. The largest absolute Gasteiger partial charge is 0.457 e.